The van der Waals surface area contributed by atoms with Crippen molar-refractivity contribution in [2.24, 2.45) is 0 Å². The van der Waals surface area contributed by atoms with E-state index >= 15 is 0 Å². The average molecular weight is 273 g/mol. The van der Waals surface area contributed by atoms with Gasteiger partial charge in [0, 0.05) is 18.8 Å². The van der Waals surface area contributed by atoms with Crippen LogP contribution in [0.3, 0.4) is 0 Å². The Bertz CT molecular complexity index is 607. The first-order valence-corrected chi connectivity index (χ1v) is 6.50. The lowest BCUT2D eigenvalue weighted by Gasteiger charge is -2.20. The summed E-state index contributed by atoms with van der Waals surface area (Å²) in [6.45, 7) is 4.14. The number of amides is 1. The van der Waals surface area contributed by atoms with Crippen LogP contribution in [-0.2, 0) is 11.3 Å². The minimum atomic E-state index is -0.239. The van der Waals surface area contributed by atoms with Gasteiger partial charge in [-0.15, -0.1) is 0 Å². The number of rotatable bonds is 4. The molecule has 20 heavy (non-hydrogen) atoms. The molecule has 0 aliphatic heterocycles. The van der Waals surface area contributed by atoms with Crippen LogP contribution in [0.25, 0.3) is 0 Å². The average Bonchev–Trinajstić information content (AvgIpc) is 2.82. The first kappa shape index (κ1) is 14.1. The zero-order valence-corrected chi connectivity index (χ0v) is 12.0. The maximum absolute atomic E-state index is 12.4. The van der Waals surface area contributed by atoms with E-state index in [9.17, 15) is 4.79 Å². The number of aromatic nitrogens is 1. The van der Waals surface area contributed by atoms with E-state index in [4.69, 9.17) is 10.3 Å². The number of nitrogens with two attached hydrogens (primary N) is 1. The van der Waals surface area contributed by atoms with Gasteiger partial charge in [0.2, 0.25) is 5.91 Å². The van der Waals surface area contributed by atoms with E-state index in [0.717, 1.165) is 17.0 Å². The fourth-order valence-electron chi connectivity index (χ4n) is 2.11. The molecule has 0 saturated heterocycles. The van der Waals surface area contributed by atoms with Gasteiger partial charge < -0.3 is 15.2 Å². The van der Waals surface area contributed by atoms with Crippen LogP contribution < -0.4 is 5.73 Å². The van der Waals surface area contributed by atoms with E-state index in [0.29, 0.717) is 12.2 Å². The van der Waals surface area contributed by atoms with Crippen LogP contribution in [0, 0.1) is 6.92 Å². The summed E-state index contributed by atoms with van der Waals surface area (Å²) in [6, 6.07) is 9.23. The van der Waals surface area contributed by atoms with Crippen LogP contribution in [0.2, 0.25) is 0 Å². The fourth-order valence-corrected chi connectivity index (χ4v) is 2.11. The predicted octanol–water partition coefficient (Wildman–Crippen LogP) is 2.33. The molecule has 1 amide bonds. The van der Waals surface area contributed by atoms with Gasteiger partial charge in [-0.05, 0) is 31.5 Å². The van der Waals surface area contributed by atoms with Crippen molar-refractivity contribution in [3.63, 3.8) is 0 Å². The monoisotopic (exact) mass is 273 g/mol. The lowest BCUT2D eigenvalue weighted by Crippen LogP contribution is -2.30. The molecule has 0 saturated carbocycles. The molecule has 2 N–H and O–H groups in total. The molecule has 1 heterocycles. The van der Waals surface area contributed by atoms with Crippen LogP contribution >= 0.6 is 0 Å². The molecule has 2 rings (SSSR count). The number of anilines is 1. The van der Waals surface area contributed by atoms with E-state index in [2.05, 4.69) is 5.16 Å². The molecule has 1 atom stereocenters. The minimum absolute atomic E-state index is 0.0243. The molecule has 0 bridgehead atoms. The van der Waals surface area contributed by atoms with E-state index < -0.39 is 0 Å². The Kier molecular flexibility index (Phi) is 4.08. The number of hydrogen-bond donors (Lipinski definition) is 1. The highest BCUT2D eigenvalue weighted by Gasteiger charge is 2.20. The standard InChI is InChI=1S/C15H19N3O2/c1-10-7-14(17-20-10)9-18(3)15(19)11(2)12-5-4-6-13(16)8-12/h4-8,11H,9,16H2,1-3H3. The molecule has 5 nitrogen and oxygen atoms in total. The highest BCUT2D eigenvalue weighted by atomic mass is 16.5. The van der Waals surface area contributed by atoms with Crippen molar-refractivity contribution in [1.82, 2.24) is 10.1 Å². The first-order chi connectivity index (χ1) is 9.47. The van der Waals surface area contributed by atoms with Crippen molar-refractivity contribution in [1.29, 1.82) is 0 Å². The molecule has 1 unspecified atom stereocenters. The maximum atomic E-state index is 12.4. The molecule has 0 aliphatic rings. The lowest BCUT2D eigenvalue weighted by molar-refractivity contribution is -0.131. The Morgan fingerprint density at radius 3 is 2.80 bits per heavy atom. The second-order valence-electron chi connectivity index (χ2n) is 5.02. The van der Waals surface area contributed by atoms with Crippen molar-refractivity contribution >= 4 is 11.6 Å². The van der Waals surface area contributed by atoms with Crippen LogP contribution in [0.4, 0.5) is 5.69 Å². The number of carbonyl (C=O) groups is 1. The first-order valence-electron chi connectivity index (χ1n) is 6.50. The summed E-state index contributed by atoms with van der Waals surface area (Å²) in [6.07, 6.45) is 0. The highest BCUT2D eigenvalue weighted by molar-refractivity contribution is 5.83. The smallest absolute Gasteiger partial charge is 0.229 e. The van der Waals surface area contributed by atoms with Crippen LogP contribution in [-0.4, -0.2) is 23.0 Å². The Labute approximate surface area is 118 Å². The quantitative estimate of drug-likeness (QED) is 0.868. The molecular formula is C15H19N3O2. The zero-order valence-electron chi connectivity index (χ0n) is 12.0. The Morgan fingerprint density at radius 1 is 1.45 bits per heavy atom. The molecule has 1 aromatic heterocycles. The van der Waals surface area contributed by atoms with Crippen molar-refractivity contribution in [3.05, 3.63) is 47.3 Å². The van der Waals surface area contributed by atoms with Gasteiger partial charge in [0.25, 0.3) is 0 Å². The van der Waals surface area contributed by atoms with Crippen LogP contribution in [0.1, 0.15) is 29.9 Å². The van der Waals surface area contributed by atoms with Gasteiger partial charge in [-0.25, -0.2) is 0 Å². The number of hydrogen-bond acceptors (Lipinski definition) is 4. The van der Waals surface area contributed by atoms with Crippen molar-refractivity contribution < 1.29 is 9.32 Å². The summed E-state index contributed by atoms with van der Waals surface area (Å²) in [5, 5.41) is 3.90. The zero-order chi connectivity index (χ0) is 14.7. The third kappa shape index (κ3) is 3.17. The summed E-state index contributed by atoms with van der Waals surface area (Å²) in [4.78, 5) is 14.0. The van der Waals surface area contributed by atoms with Crippen molar-refractivity contribution in [2.45, 2.75) is 26.3 Å². The Balaban J connectivity index is 2.06. The highest BCUT2D eigenvalue weighted by Crippen LogP contribution is 2.20. The van der Waals surface area contributed by atoms with Gasteiger partial charge in [0.05, 0.1) is 12.5 Å². The minimum Gasteiger partial charge on any atom is -0.399 e. The molecule has 1 aromatic carbocycles. The van der Waals surface area contributed by atoms with Gasteiger partial charge >= 0.3 is 0 Å². The summed E-state index contributed by atoms with van der Waals surface area (Å²) < 4.78 is 5.00. The molecule has 106 valence electrons. The largest absolute Gasteiger partial charge is 0.399 e. The summed E-state index contributed by atoms with van der Waals surface area (Å²) in [5.74, 6) is 0.525. The second-order valence-corrected chi connectivity index (χ2v) is 5.02. The van der Waals surface area contributed by atoms with Gasteiger partial charge in [0.1, 0.15) is 11.5 Å². The van der Waals surface area contributed by atoms with Crippen LogP contribution in [0.5, 0.6) is 0 Å². The molecule has 0 spiro atoms. The van der Waals surface area contributed by atoms with Gasteiger partial charge in [-0.2, -0.15) is 0 Å². The topological polar surface area (TPSA) is 72.4 Å². The number of nitrogens with zero attached hydrogens (tertiary/aromatic N) is 2. The number of likely N-dealkylation sites (N-methyl/N-ethyl adjacent to an activating group) is 1. The Morgan fingerprint density at radius 2 is 2.20 bits per heavy atom. The fraction of sp³-hybridized carbons (Fsp3) is 0.333. The van der Waals surface area contributed by atoms with Gasteiger partial charge in [-0.1, -0.05) is 17.3 Å². The Hall–Kier alpha value is -2.30. The van der Waals surface area contributed by atoms with E-state index in [-0.39, 0.29) is 11.8 Å². The second kappa shape index (κ2) is 5.77. The molecule has 0 fully saturated rings. The van der Waals surface area contributed by atoms with E-state index in [1.54, 1.807) is 11.9 Å². The van der Waals surface area contributed by atoms with Crippen molar-refractivity contribution in [3.8, 4) is 0 Å². The lowest BCUT2D eigenvalue weighted by atomic mass is 9.99. The maximum Gasteiger partial charge on any atom is 0.229 e. The van der Waals surface area contributed by atoms with E-state index in [1.165, 1.54) is 0 Å². The molecular weight excluding hydrogens is 254 g/mol. The van der Waals surface area contributed by atoms with Crippen molar-refractivity contribution in [2.75, 3.05) is 12.8 Å². The molecule has 0 aliphatic carbocycles. The summed E-state index contributed by atoms with van der Waals surface area (Å²) >= 11 is 0. The normalized spacial score (nSPS) is 12.2. The third-order valence-electron chi connectivity index (χ3n) is 3.23. The number of benzene rings is 1. The predicted molar refractivity (Wildman–Crippen MR) is 77.0 cm³/mol. The van der Waals surface area contributed by atoms with E-state index in [1.807, 2.05) is 44.2 Å². The number of aryl methyl sites for hydroxylation is 1. The number of carbonyl (C=O) groups excluding carboxylic acids is 1. The molecule has 2 aromatic rings. The molecule has 0 radical (unpaired) electrons. The van der Waals surface area contributed by atoms with Gasteiger partial charge in [-0.3, -0.25) is 4.79 Å². The third-order valence-corrected chi connectivity index (χ3v) is 3.23. The van der Waals surface area contributed by atoms with Crippen LogP contribution in [0.15, 0.2) is 34.9 Å². The summed E-state index contributed by atoms with van der Waals surface area (Å²) in [7, 11) is 1.76. The summed E-state index contributed by atoms with van der Waals surface area (Å²) in [5.41, 5.74) is 8.08. The molecule has 5 heteroatoms. The number of nitrogen functional groups attached to an aromatic ring is 1. The SMILES string of the molecule is Cc1cc(CN(C)C(=O)C(C)c2cccc(N)c2)no1. The van der Waals surface area contributed by atoms with Gasteiger partial charge in [0.15, 0.2) is 0 Å².